The summed E-state index contributed by atoms with van der Waals surface area (Å²) in [4.78, 5) is 11.7. The number of ketones is 1. The van der Waals surface area contributed by atoms with E-state index in [9.17, 15) is 9.90 Å². The van der Waals surface area contributed by atoms with Crippen molar-refractivity contribution in [1.82, 2.24) is 0 Å². The largest absolute Gasteiger partial charge is 0.512 e. The second kappa shape index (κ2) is 16.3. The molecule has 7 aromatic rings. The van der Waals surface area contributed by atoms with Crippen LogP contribution in [-0.2, 0) is 24.9 Å². The molecule has 0 fully saturated rings. The number of aromatic nitrogens is 1. The number of aliphatic hydroxyl groups is 1. The van der Waals surface area contributed by atoms with Crippen molar-refractivity contribution in [1.29, 1.82) is 0 Å². The molecule has 0 atom stereocenters. The van der Waals surface area contributed by atoms with Crippen molar-refractivity contribution >= 4 is 49.4 Å². The Bertz CT molecular complexity index is 2280. The van der Waals surface area contributed by atoms with Gasteiger partial charge in [-0.1, -0.05) is 112 Å². The molecule has 5 heteroatoms. The molecule has 7 rings (SSSR count). The summed E-state index contributed by atoms with van der Waals surface area (Å²) in [7, 11) is 4.48. The van der Waals surface area contributed by atoms with Crippen LogP contribution in [0.5, 0.6) is 0 Å². The fourth-order valence-electron chi connectivity index (χ4n) is 6.90. The van der Waals surface area contributed by atoms with Gasteiger partial charge in [0.05, 0.1) is 11.3 Å². The molecule has 0 aliphatic rings. The molecule has 1 N–H and O–H groups in total. The van der Waals surface area contributed by atoms with Gasteiger partial charge in [0.15, 0.2) is 5.78 Å². The van der Waals surface area contributed by atoms with Crippen LogP contribution >= 0.6 is 0 Å². The van der Waals surface area contributed by atoms with Gasteiger partial charge in [0.25, 0.3) is 0 Å². The molecule has 0 saturated carbocycles. The molecule has 0 amide bonds. The van der Waals surface area contributed by atoms with E-state index in [-0.39, 0.29) is 43.5 Å². The van der Waals surface area contributed by atoms with E-state index in [1.165, 1.54) is 33.4 Å². The van der Waals surface area contributed by atoms with Crippen LogP contribution in [0.15, 0.2) is 125 Å². The van der Waals surface area contributed by atoms with Gasteiger partial charge in [-0.05, 0) is 71.3 Å². The van der Waals surface area contributed by atoms with Crippen LogP contribution in [0, 0.1) is 24.9 Å². The SMILES string of the molecule is CCC(CC)C(=O)/C=C(\O)C(CC)CC.[CH2-][n+]1c(-c2[c-]ccc3c2oc2ccccc23)cc(-c2ccccc2)c2c3ccccc3ccc21.[Ir]. The Balaban J connectivity index is 0.000000261. The average molecular weight is 839 g/mol. The van der Waals surface area contributed by atoms with E-state index in [2.05, 4.69) is 98.0 Å². The van der Waals surface area contributed by atoms with Crippen LogP contribution in [-0.4, -0.2) is 10.9 Å². The zero-order valence-corrected chi connectivity index (χ0v) is 31.6. The topological polar surface area (TPSA) is 54.3 Å². The van der Waals surface area contributed by atoms with E-state index < -0.39 is 0 Å². The number of hydrogen-bond donors (Lipinski definition) is 1. The fraction of sp³-hybridized carbons (Fsp3) is 0.222. The number of carbonyl (C=O) groups is 1. The van der Waals surface area contributed by atoms with E-state index in [4.69, 9.17) is 4.42 Å². The van der Waals surface area contributed by atoms with Crippen molar-refractivity contribution in [3.05, 3.63) is 134 Å². The number of nitrogens with zero attached hydrogens (tertiary/aromatic N) is 1. The van der Waals surface area contributed by atoms with Gasteiger partial charge >= 0.3 is 0 Å². The van der Waals surface area contributed by atoms with Crippen molar-refractivity contribution in [2.75, 3.05) is 0 Å². The van der Waals surface area contributed by atoms with E-state index >= 15 is 0 Å². The minimum Gasteiger partial charge on any atom is -0.512 e. The minimum absolute atomic E-state index is 0. The first kappa shape index (κ1) is 36.6. The smallest absolute Gasteiger partial charge is 0.162 e. The third-order valence-electron chi connectivity index (χ3n) is 9.80. The number of carbonyl (C=O) groups excluding carboxylic acids is 1. The van der Waals surface area contributed by atoms with Crippen molar-refractivity contribution in [2.24, 2.45) is 11.8 Å². The number of furan rings is 1. The van der Waals surface area contributed by atoms with Gasteiger partial charge in [-0.25, -0.2) is 0 Å². The molecule has 0 unspecified atom stereocenters. The van der Waals surface area contributed by atoms with E-state index in [1.54, 1.807) is 0 Å². The summed E-state index contributed by atoms with van der Waals surface area (Å²) >= 11 is 0. The standard InChI is InChI=1S/C32H20NO.C13H24O2.Ir/c1-33-28-19-18-22-12-5-6-13-23(22)31(28)27(21-10-3-2-4-11-21)20-29(33)26-16-9-15-25-24-14-7-8-17-30(24)34-32(25)26;1-5-10(6-2)12(14)9-13(15)11(7-3)8-4;/h2-15,17-20H,1H2;9-11,14H,5-8H2,1-4H3;/q-1;;/b;12-9-;. The molecule has 257 valence electrons. The summed E-state index contributed by atoms with van der Waals surface area (Å²) in [6.07, 6.45) is 4.91. The van der Waals surface area contributed by atoms with Crippen LogP contribution in [0.4, 0.5) is 0 Å². The summed E-state index contributed by atoms with van der Waals surface area (Å²) in [6.45, 7) is 8.07. The second-order valence-electron chi connectivity index (χ2n) is 12.6. The average Bonchev–Trinajstić information content (AvgIpc) is 3.52. The zero-order chi connectivity index (χ0) is 34.5. The summed E-state index contributed by atoms with van der Waals surface area (Å²) in [5.74, 6) is 0.547. The second-order valence-corrected chi connectivity index (χ2v) is 12.6. The third kappa shape index (κ3) is 7.12. The molecular weight excluding hydrogens is 795 g/mol. The predicted molar refractivity (Wildman–Crippen MR) is 203 cm³/mol. The first-order valence-electron chi connectivity index (χ1n) is 17.4. The van der Waals surface area contributed by atoms with E-state index in [0.717, 1.165) is 64.4 Å². The summed E-state index contributed by atoms with van der Waals surface area (Å²) in [5.41, 5.74) is 6.99. The van der Waals surface area contributed by atoms with Gasteiger partial charge in [0.1, 0.15) is 16.8 Å². The fourth-order valence-corrected chi connectivity index (χ4v) is 6.90. The summed E-state index contributed by atoms with van der Waals surface area (Å²) in [6, 6.07) is 41.3. The van der Waals surface area contributed by atoms with E-state index in [0.29, 0.717) is 0 Å². The van der Waals surface area contributed by atoms with Gasteiger partial charge in [-0.3, -0.25) is 4.79 Å². The molecule has 2 aromatic heterocycles. The maximum absolute atomic E-state index is 11.7. The van der Waals surface area contributed by atoms with Crippen LogP contribution in [0.3, 0.4) is 0 Å². The predicted octanol–water partition coefficient (Wildman–Crippen LogP) is 11.8. The third-order valence-corrected chi connectivity index (χ3v) is 9.80. The number of fused-ring (bicyclic) bond motifs is 6. The van der Waals surface area contributed by atoms with Crippen LogP contribution in [0.2, 0.25) is 0 Å². The maximum Gasteiger partial charge on any atom is 0.162 e. The zero-order valence-electron chi connectivity index (χ0n) is 29.2. The van der Waals surface area contributed by atoms with Gasteiger partial charge in [0, 0.05) is 55.8 Å². The van der Waals surface area contributed by atoms with E-state index in [1.807, 2.05) is 56.5 Å². The molecule has 0 aliphatic carbocycles. The molecule has 50 heavy (non-hydrogen) atoms. The van der Waals surface area contributed by atoms with Crippen molar-refractivity contribution in [3.63, 3.8) is 0 Å². The Morgan fingerprint density at radius 2 is 1.44 bits per heavy atom. The molecule has 4 nitrogen and oxygen atoms in total. The Hall–Kier alpha value is -4.70. The first-order valence-corrected chi connectivity index (χ1v) is 17.4. The van der Waals surface area contributed by atoms with Gasteiger partial charge in [0.2, 0.25) is 0 Å². The monoisotopic (exact) mass is 839 g/mol. The molecule has 0 saturated heterocycles. The normalized spacial score (nSPS) is 11.7. The molecular formula is C45H44IrNO3-. The first-order chi connectivity index (χ1) is 23.9. The number of hydrogen-bond acceptors (Lipinski definition) is 3. The van der Waals surface area contributed by atoms with Crippen LogP contribution in [0.25, 0.3) is 66.0 Å². The summed E-state index contributed by atoms with van der Waals surface area (Å²) < 4.78 is 8.37. The Kier molecular flexibility index (Phi) is 12.0. The summed E-state index contributed by atoms with van der Waals surface area (Å²) in [5, 5.41) is 15.6. The van der Waals surface area contributed by atoms with Crippen molar-refractivity contribution in [2.45, 2.75) is 53.4 Å². The number of para-hydroxylation sites is 1. The number of aliphatic hydroxyl groups excluding tert-OH is 1. The molecule has 0 spiro atoms. The maximum atomic E-state index is 11.7. The number of pyridine rings is 1. The molecule has 0 aliphatic heterocycles. The molecule has 1 radical (unpaired) electrons. The van der Waals surface area contributed by atoms with Crippen LogP contribution < -0.4 is 4.57 Å². The van der Waals surface area contributed by atoms with Gasteiger partial charge in [-0.15, -0.1) is 18.2 Å². The Labute approximate surface area is 308 Å². The van der Waals surface area contributed by atoms with Gasteiger partial charge < -0.3 is 14.1 Å². The molecule has 2 heterocycles. The van der Waals surface area contributed by atoms with Gasteiger partial charge in [-0.2, -0.15) is 0 Å². The molecule has 5 aromatic carbocycles. The van der Waals surface area contributed by atoms with Crippen molar-refractivity contribution in [3.8, 4) is 22.4 Å². The number of rotatable bonds is 9. The molecule has 0 bridgehead atoms. The van der Waals surface area contributed by atoms with Crippen LogP contribution in [0.1, 0.15) is 53.4 Å². The quantitative estimate of drug-likeness (QED) is 0.0518. The minimum atomic E-state index is 0. The van der Waals surface area contributed by atoms with Crippen molar-refractivity contribution < 1.29 is 39.0 Å². The Morgan fingerprint density at radius 3 is 2.14 bits per heavy atom. The Morgan fingerprint density at radius 1 is 0.800 bits per heavy atom. The number of allylic oxidation sites excluding steroid dienone is 2. The number of benzene rings is 5.